The van der Waals surface area contributed by atoms with Crippen LogP contribution in [0.2, 0.25) is 0 Å². The van der Waals surface area contributed by atoms with Gasteiger partial charge < -0.3 is 4.74 Å². The minimum atomic E-state index is -0.584. The number of Topliss-reactive ketones (excluding diaryl/α,β-unsaturated/α-hetero) is 1. The maximum atomic E-state index is 11.9. The normalized spacial score (nSPS) is 10.0. The molecule has 22 heavy (non-hydrogen) atoms. The van der Waals surface area contributed by atoms with Crippen LogP contribution in [0, 0.1) is 17.0 Å². The fraction of sp³-hybridized carbons (Fsp3) is 0.125. The number of nitro benzene ring substituents is 1. The second-order valence-electron chi connectivity index (χ2n) is 4.67. The second-order valence-corrected chi connectivity index (χ2v) is 4.67. The van der Waals surface area contributed by atoms with Crippen LogP contribution in [0.25, 0.3) is 0 Å². The monoisotopic (exact) mass is 299 g/mol. The van der Waals surface area contributed by atoms with Gasteiger partial charge in [0.2, 0.25) is 0 Å². The number of rotatable bonds is 5. The van der Waals surface area contributed by atoms with Gasteiger partial charge in [0, 0.05) is 17.7 Å². The molecule has 0 saturated carbocycles. The first-order valence-corrected chi connectivity index (χ1v) is 6.49. The molecule has 0 amide bonds. The minimum absolute atomic E-state index is 0.103. The Labute approximate surface area is 126 Å². The van der Waals surface area contributed by atoms with Gasteiger partial charge in [-0.2, -0.15) is 0 Å². The van der Waals surface area contributed by atoms with Crippen molar-refractivity contribution in [3.63, 3.8) is 0 Å². The molecule has 0 unspecified atom stereocenters. The fourth-order valence-electron chi connectivity index (χ4n) is 1.84. The third kappa shape index (κ3) is 3.76. The van der Waals surface area contributed by atoms with E-state index >= 15 is 0 Å². The summed E-state index contributed by atoms with van der Waals surface area (Å²) in [4.78, 5) is 33.7. The van der Waals surface area contributed by atoms with Crippen molar-refractivity contribution in [3.8, 4) is 0 Å². The Morgan fingerprint density at radius 2 is 1.77 bits per heavy atom. The summed E-state index contributed by atoms with van der Waals surface area (Å²) in [7, 11) is 0. The van der Waals surface area contributed by atoms with E-state index in [2.05, 4.69) is 0 Å². The van der Waals surface area contributed by atoms with E-state index < -0.39 is 23.3 Å². The largest absolute Gasteiger partial charge is 0.454 e. The third-order valence-electron chi connectivity index (χ3n) is 2.99. The molecule has 2 aromatic carbocycles. The Hall–Kier alpha value is -3.02. The van der Waals surface area contributed by atoms with Gasteiger partial charge in [-0.1, -0.05) is 17.7 Å². The Balaban J connectivity index is 1.97. The molecule has 2 aromatic rings. The molecule has 0 aliphatic carbocycles. The average molecular weight is 299 g/mol. The number of esters is 1. The number of hydrogen-bond donors (Lipinski definition) is 0. The van der Waals surface area contributed by atoms with Crippen LogP contribution in [-0.4, -0.2) is 23.3 Å². The first-order chi connectivity index (χ1) is 10.5. The minimum Gasteiger partial charge on any atom is -0.454 e. The number of aryl methyl sites for hydroxylation is 1. The van der Waals surface area contributed by atoms with Gasteiger partial charge >= 0.3 is 5.97 Å². The summed E-state index contributed by atoms with van der Waals surface area (Å²) in [5, 5.41) is 10.5. The molecule has 0 aliphatic heterocycles. The number of benzene rings is 2. The lowest BCUT2D eigenvalue weighted by Crippen LogP contribution is -2.14. The number of hydrogen-bond acceptors (Lipinski definition) is 5. The van der Waals surface area contributed by atoms with Gasteiger partial charge in [0.05, 0.1) is 10.5 Å². The van der Waals surface area contributed by atoms with E-state index in [0.29, 0.717) is 5.56 Å². The number of ether oxygens (including phenoxy) is 1. The number of carbonyl (C=O) groups is 2. The van der Waals surface area contributed by atoms with Crippen molar-refractivity contribution in [1.29, 1.82) is 0 Å². The van der Waals surface area contributed by atoms with Crippen LogP contribution in [0.5, 0.6) is 0 Å². The van der Waals surface area contributed by atoms with Crippen LogP contribution in [0.15, 0.2) is 48.5 Å². The van der Waals surface area contributed by atoms with Gasteiger partial charge in [-0.25, -0.2) is 4.79 Å². The summed E-state index contributed by atoms with van der Waals surface area (Å²) < 4.78 is 4.95. The highest BCUT2D eigenvalue weighted by atomic mass is 16.6. The van der Waals surface area contributed by atoms with Crippen molar-refractivity contribution < 1.29 is 19.2 Å². The van der Waals surface area contributed by atoms with E-state index in [0.717, 1.165) is 5.56 Å². The number of non-ortho nitro benzene ring substituents is 1. The topological polar surface area (TPSA) is 86.5 Å². The lowest BCUT2D eigenvalue weighted by atomic mass is 10.1. The zero-order valence-electron chi connectivity index (χ0n) is 11.8. The Morgan fingerprint density at radius 3 is 2.36 bits per heavy atom. The van der Waals surface area contributed by atoms with Crippen molar-refractivity contribution in [1.82, 2.24) is 0 Å². The molecule has 0 aromatic heterocycles. The molecule has 0 aliphatic rings. The molecule has 0 N–H and O–H groups in total. The van der Waals surface area contributed by atoms with Crippen molar-refractivity contribution >= 4 is 17.4 Å². The van der Waals surface area contributed by atoms with Crippen LogP contribution >= 0.6 is 0 Å². The van der Waals surface area contributed by atoms with E-state index in [1.54, 1.807) is 18.2 Å². The SMILES string of the molecule is Cc1cccc(C(=O)OCC(=O)c2ccc([N+](=O)[O-])cc2)c1. The van der Waals surface area contributed by atoms with E-state index in [1.165, 1.54) is 24.3 Å². The highest BCUT2D eigenvalue weighted by Gasteiger charge is 2.13. The Morgan fingerprint density at radius 1 is 1.09 bits per heavy atom. The first-order valence-electron chi connectivity index (χ1n) is 6.49. The Kier molecular flexibility index (Phi) is 4.63. The summed E-state index contributed by atoms with van der Waals surface area (Å²) in [5.74, 6) is -1.00. The van der Waals surface area contributed by atoms with Crippen molar-refractivity contribution in [2.24, 2.45) is 0 Å². The average Bonchev–Trinajstić information content (AvgIpc) is 2.52. The number of nitro groups is 1. The molecule has 0 atom stereocenters. The van der Waals surface area contributed by atoms with Gasteiger partial charge in [0.1, 0.15) is 0 Å². The van der Waals surface area contributed by atoms with Crippen LogP contribution in [0.3, 0.4) is 0 Å². The molecule has 2 rings (SSSR count). The molecule has 0 radical (unpaired) electrons. The van der Waals surface area contributed by atoms with Crippen LogP contribution < -0.4 is 0 Å². The second kappa shape index (κ2) is 6.62. The van der Waals surface area contributed by atoms with Crippen LogP contribution in [0.1, 0.15) is 26.3 Å². The summed E-state index contributed by atoms with van der Waals surface area (Å²) >= 11 is 0. The van der Waals surface area contributed by atoms with Crippen molar-refractivity contribution in [2.75, 3.05) is 6.61 Å². The molecule has 0 heterocycles. The molecule has 0 bridgehead atoms. The zero-order valence-corrected chi connectivity index (χ0v) is 11.8. The predicted molar refractivity (Wildman–Crippen MR) is 78.9 cm³/mol. The summed E-state index contributed by atoms with van der Waals surface area (Å²) in [6, 6.07) is 12.0. The number of ketones is 1. The molecule has 0 saturated heterocycles. The molecule has 0 fully saturated rings. The van der Waals surface area contributed by atoms with E-state index in [-0.39, 0.29) is 11.3 Å². The quantitative estimate of drug-likeness (QED) is 0.366. The van der Waals surface area contributed by atoms with Crippen molar-refractivity contribution in [2.45, 2.75) is 6.92 Å². The standard InChI is InChI=1S/C16H13NO5/c1-11-3-2-4-13(9-11)16(19)22-10-15(18)12-5-7-14(8-6-12)17(20)21/h2-9H,10H2,1H3. The van der Waals surface area contributed by atoms with Gasteiger partial charge in [0.15, 0.2) is 12.4 Å². The summed E-state index contributed by atoms with van der Waals surface area (Å²) in [6.45, 7) is 1.43. The maximum Gasteiger partial charge on any atom is 0.338 e. The van der Waals surface area contributed by atoms with Gasteiger partial charge in [-0.05, 0) is 31.2 Å². The fourth-order valence-corrected chi connectivity index (χ4v) is 1.84. The Bertz CT molecular complexity index is 722. The van der Waals surface area contributed by atoms with Gasteiger partial charge in [0.25, 0.3) is 5.69 Å². The molecular formula is C16H13NO5. The lowest BCUT2D eigenvalue weighted by molar-refractivity contribution is -0.384. The summed E-state index contributed by atoms with van der Waals surface area (Å²) in [5.41, 5.74) is 1.43. The first kappa shape index (κ1) is 15.4. The van der Waals surface area contributed by atoms with Crippen LogP contribution in [-0.2, 0) is 4.74 Å². The molecule has 6 heteroatoms. The van der Waals surface area contributed by atoms with E-state index in [9.17, 15) is 19.7 Å². The molecule has 0 spiro atoms. The van der Waals surface area contributed by atoms with Gasteiger partial charge in [-0.3, -0.25) is 14.9 Å². The highest BCUT2D eigenvalue weighted by molar-refractivity contribution is 5.99. The number of nitrogens with zero attached hydrogens (tertiary/aromatic N) is 1. The van der Waals surface area contributed by atoms with E-state index in [1.807, 2.05) is 13.0 Å². The van der Waals surface area contributed by atoms with E-state index in [4.69, 9.17) is 4.74 Å². The summed E-state index contributed by atoms with van der Waals surface area (Å²) in [6.07, 6.45) is 0. The number of carbonyl (C=O) groups excluding carboxylic acids is 2. The van der Waals surface area contributed by atoms with Crippen molar-refractivity contribution in [3.05, 3.63) is 75.3 Å². The highest BCUT2D eigenvalue weighted by Crippen LogP contribution is 2.13. The van der Waals surface area contributed by atoms with Crippen LogP contribution in [0.4, 0.5) is 5.69 Å². The zero-order chi connectivity index (χ0) is 16.1. The van der Waals surface area contributed by atoms with Gasteiger partial charge in [-0.15, -0.1) is 0 Å². The third-order valence-corrected chi connectivity index (χ3v) is 2.99. The molecular weight excluding hydrogens is 286 g/mol. The predicted octanol–water partition coefficient (Wildman–Crippen LogP) is 2.94. The lowest BCUT2D eigenvalue weighted by Gasteiger charge is -2.05. The maximum absolute atomic E-state index is 11.9. The molecule has 6 nitrogen and oxygen atoms in total. The molecule has 112 valence electrons. The smallest absolute Gasteiger partial charge is 0.338 e.